The van der Waals surface area contributed by atoms with Gasteiger partial charge in [-0.1, -0.05) is 13.3 Å². The highest BCUT2D eigenvalue weighted by molar-refractivity contribution is 5.74. The predicted molar refractivity (Wildman–Crippen MR) is 76.4 cm³/mol. The SMILES string of the molecule is CCC1CC(N)CC1c1nnc2cnc3[nH]ccc3n12. The van der Waals surface area contributed by atoms with Crippen LogP contribution in [0.5, 0.6) is 0 Å². The van der Waals surface area contributed by atoms with Crippen molar-refractivity contribution in [2.45, 2.75) is 38.1 Å². The molecule has 1 fully saturated rings. The molecule has 3 aromatic heterocycles. The molecule has 0 aromatic carbocycles. The minimum atomic E-state index is 0.279. The first-order valence-corrected chi connectivity index (χ1v) is 7.20. The topological polar surface area (TPSA) is 84.9 Å². The summed E-state index contributed by atoms with van der Waals surface area (Å²) < 4.78 is 2.13. The van der Waals surface area contributed by atoms with Gasteiger partial charge in [-0.05, 0) is 24.8 Å². The first kappa shape index (κ1) is 11.8. The summed E-state index contributed by atoms with van der Waals surface area (Å²) >= 11 is 0. The largest absolute Gasteiger partial charge is 0.345 e. The monoisotopic (exact) mass is 270 g/mol. The molecule has 20 heavy (non-hydrogen) atoms. The van der Waals surface area contributed by atoms with Crippen LogP contribution < -0.4 is 5.73 Å². The van der Waals surface area contributed by atoms with Gasteiger partial charge in [-0.3, -0.25) is 4.40 Å². The fourth-order valence-corrected chi connectivity index (χ4v) is 3.57. The standard InChI is InChI=1S/C14H18N6/c1-2-8-5-9(15)6-10(8)14-19-18-12-7-17-13-11(20(12)14)3-4-16-13/h3-4,7-10,16H,2,5-6,15H2,1H3. The molecule has 0 saturated heterocycles. The number of aromatic amines is 1. The summed E-state index contributed by atoms with van der Waals surface area (Å²) in [6.45, 7) is 2.23. The molecular weight excluding hydrogens is 252 g/mol. The summed E-state index contributed by atoms with van der Waals surface area (Å²) in [5.41, 5.74) is 8.87. The number of nitrogens with zero attached hydrogens (tertiary/aromatic N) is 4. The van der Waals surface area contributed by atoms with Crippen molar-refractivity contribution in [3.63, 3.8) is 0 Å². The van der Waals surface area contributed by atoms with Crippen LogP contribution in [0.1, 0.15) is 37.9 Å². The molecule has 4 rings (SSSR count). The second-order valence-electron chi connectivity index (χ2n) is 5.73. The summed E-state index contributed by atoms with van der Waals surface area (Å²) in [4.78, 5) is 7.50. The zero-order valence-corrected chi connectivity index (χ0v) is 11.5. The van der Waals surface area contributed by atoms with Crippen LogP contribution in [0.4, 0.5) is 0 Å². The molecule has 1 aliphatic carbocycles. The lowest BCUT2D eigenvalue weighted by atomic mass is 9.93. The van der Waals surface area contributed by atoms with Crippen molar-refractivity contribution in [1.29, 1.82) is 0 Å². The van der Waals surface area contributed by atoms with Crippen molar-refractivity contribution in [2.24, 2.45) is 11.7 Å². The maximum absolute atomic E-state index is 6.16. The van der Waals surface area contributed by atoms with E-state index in [0.717, 1.165) is 41.9 Å². The van der Waals surface area contributed by atoms with E-state index in [1.807, 2.05) is 12.3 Å². The maximum Gasteiger partial charge on any atom is 0.179 e. The van der Waals surface area contributed by atoms with Gasteiger partial charge in [0, 0.05) is 18.2 Å². The van der Waals surface area contributed by atoms with Crippen LogP contribution in [0.2, 0.25) is 0 Å². The zero-order chi connectivity index (χ0) is 13.7. The minimum Gasteiger partial charge on any atom is -0.345 e. The molecule has 3 heterocycles. The summed E-state index contributed by atoms with van der Waals surface area (Å²) in [5, 5.41) is 8.73. The normalized spacial score (nSPS) is 26.8. The van der Waals surface area contributed by atoms with E-state index in [0.29, 0.717) is 11.8 Å². The molecule has 1 aliphatic rings. The Bertz CT molecular complexity index is 757. The molecule has 6 nitrogen and oxygen atoms in total. The fraction of sp³-hybridized carbons (Fsp3) is 0.500. The number of hydrogen-bond acceptors (Lipinski definition) is 4. The average Bonchev–Trinajstić information content (AvgIpc) is 3.13. The van der Waals surface area contributed by atoms with Gasteiger partial charge < -0.3 is 10.7 Å². The Morgan fingerprint density at radius 1 is 1.40 bits per heavy atom. The first-order valence-electron chi connectivity index (χ1n) is 7.20. The number of rotatable bonds is 2. The van der Waals surface area contributed by atoms with Gasteiger partial charge in [-0.2, -0.15) is 0 Å². The number of aromatic nitrogens is 5. The molecule has 6 heteroatoms. The van der Waals surface area contributed by atoms with Gasteiger partial charge in [-0.15, -0.1) is 10.2 Å². The summed E-state index contributed by atoms with van der Waals surface area (Å²) in [6.07, 6.45) is 6.88. The highest BCUT2D eigenvalue weighted by atomic mass is 15.3. The quantitative estimate of drug-likeness (QED) is 0.744. The Balaban J connectivity index is 1.93. The molecule has 3 N–H and O–H groups in total. The van der Waals surface area contributed by atoms with E-state index in [4.69, 9.17) is 5.73 Å². The molecule has 3 aromatic rings. The van der Waals surface area contributed by atoms with Crippen LogP contribution in [-0.2, 0) is 0 Å². The van der Waals surface area contributed by atoms with Crippen LogP contribution in [0, 0.1) is 5.92 Å². The highest BCUT2D eigenvalue weighted by Crippen LogP contribution is 2.40. The molecule has 0 amide bonds. The second kappa shape index (κ2) is 4.28. The lowest BCUT2D eigenvalue weighted by Crippen LogP contribution is -2.15. The number of fused-ring (bicyclic) bond motifs is 3. The van der Waals surface area contributed by atoms with Gasteiger partial charge in [0.1, 0.15) is 5.82 Å². The smallest absolute Gasteiger partial charge is 0.179 e. The number of hydrogen-bond donors (Lipinski definition) is 2. The molecular formula is C14H18N6. The van der Waals surface area contributed by atoms with Crippen molar-refractivity contribution in [1.82, 2.24) is 24.6 Å². The fourth-order valence-electron chi connectivity index (χ4n) is 3.57. The Morgan fingerprint density at radius 3 is 3.15 bits per heavy atom. The minimum absolute atomic E-state index is 0.279. The second-order valence-corrected chi connectivity index (χ2v) is 5.73. The molecule has 0 spiro atoms. The van der Waals surface area contributed by atoms with Gasteiger partial charge in [0.25, 0.3) is 0 Å². The molecule has 3 atom stereocenters. The third-order valence-corrected chi connectivity index (χ3v) is 4.55. The number of nitrogens with one attached hydrogen (secondary N) is 1. The van der Waals surface area contributed by atoms with E-state index >= 15 is 0 Å². The van der Waals surface area contributed by atoms with Gasteiger partial charge in [0.15, 0.2) is 11.3 Å². The summed E-state index contributed by atoms with van der Waals surface area (Å²) in [6, 6.07) is 2.30. The first-order chi connectivity index (χ1) is 9.78. The third kappa shape index (κ3) is 1.57. The van der Waals surface area contributed by atoms with E-state index in [9.17, 15) is 0 Å². The Labute approximate surface area is 116 Å². The summed E-state index contributed by atoms with van der Waals surface area (Å²) in [5.74, 6) is 2.02. The van der Waals surface area contributed by atoms with E-state index in [1.54, 1.807) is 6.20 Å². The van der Waals surface area contributed by atoms with Gasteiger partial charge in [0.05, 0.1) is 11.7 Å². The predicted octanol–water partition coefficient (Wildman–Crippen LogP) is 1.84. The van der Waals surface area contributed by atoms with Gasteiger partial charge in [0.2, 0.25) is 0 Å². The Morgan fingerprint density at radius 2 is 2.30 bits per heavy atom. The number of nitrogens with two attached hydrogens (primary N) is 1. The Kier molecular flexibility index (Phi) is 2.53. The average molecular weight is 270 g/mol. The zero-order valence-electron chi connectivity index (χ0n) is 11.5. The molecule has 0 aliphatic heterocycles. The van der Waals surface area contributed by atoms with Crippen LogP contribution in [-0.4, -0.2) is 30.6 Å². The molecule has 0 radical (unpaired) electrons. The van der Waals surface area contributed by atoms with Crippen molar-refractivity contribution in [3.8, 4) is 0 Å². The van der Waals surface area contributed by atoms with Crippen molar-refractivity contribution in [2.75, 3.05) is 0 Å². The van der Waals surface area contributed by atoms with Gasteiger partial charge >= 0.3 is 0 Å². The van der Waals surface area contributed by atoms with Crippen molar-refractivity contribution >= 4 is 16.8 Å². The van der Waals surface area contributed by atoms with E-state index in [2.05, 4.69) is 31.5 Å². The van der Waals surface area contributed by atoms with Crippen molar-refractivity contribution < 1.29 is 0 Å². The van der Waals surface area contributed by atoms with E-state index < -0.39 is 0 Å². The molecule has 1 saturated carbocycles. The molecule has 0 bridgehead atoms. The van der Waals surface area contributed by atoms with Gasteiger partial charge in [-0.25, -0.2) is 4.98 Å². The van der Waals surface area contributed by atoms with Crippen LogP contribution in [0.15, 0.2) is 18.5 Å². The molecule has 3 unspecified atom stereocenters. The van der Waals surface area contributed by atoms with Crippen molar-refractivity contribution in [3.05, 3.63) is 24.3 Å². The third-order valence-electron chi connectivity index (χ3n) is 4.55. The lowest BCUT2D eigenvalue weighted by molar-refractivity contribution is 0.450. The lowest BCUT2D eigenvalue weighted by Gasteiger charge is -2.16. The summed E-state index contributed by atoms with van der Waals surface area (Å²) in [7, 11) is 0. The van der Waals surface area contributed by atoms with Crippen LogP contribution in [0.25, 0.3) is 16.8 Å². The van der Waals surface area contributed by atoms with Crippen LogP contribution in [0.3, 0.4) is 0 Å². The Hall–Kier alpha value is -1.95. The molecule has 104 valence electrons. The van der Waals surface area contributed by atoms with Crippen LogP contribution >= 0.6 is 0 Å². The van der Waals surface area contributed by atoms with E-state index in [1.165, 1.54) is 0 Å². The maximum atomic E-state index is 6.16. The highest BCUT2D eigenvalue weighted by Gasteiger charge is 2.35. The number of H-pyrrole nitrogens is 1. The van der Waals surface area contributed by atoms with E-state index in [-0.39, 0.29) is 6.04 Å².